The number of hydrogen-bond acceptors (Lipinski definition) is 1. The van der Waals surface area contributed by atoms with E-state index in [0.717, 1.165) is 5.88 Å². The fraction of sp³-hybridized carbons (Fsp3) is 0.400. The Kier molecular flexibility index (Phi) is 1.62. The van der Waals surface area contributed by atoms with Crippen LogP contribution in [0, 0.1) is 6.92 Å². The lowest BCUT2D eigenvalue weighted by molar-refractivity contribution is 1.36. The van der Waals surface area contributed by atoms with Gasteiger partial charge in [-0.2, -0.15) is 0 Å². The Morgan fingerprint density at radius 1 is 1.33 bits per heavy atom. The van der Waals surface area contributed by atoms with Crippen LogP contribution in [0.25, 0.3) is 0 Å². The maximum Gasteiger partial charge on any atom is 0.0491 e. The van der Waals surface area contributed by atoms with Crippen molar-refractivity contribution < 1.29 is 0 Å². The summed E-state index contributed by atoms with van der Waals surface area (Å²) in [5.74, 6) is 1.14. The third-order valence-electron chi connectivity index (χ3n) is 2.36. The minimum Gasteiger partial charge on any atom is -0.376 e. The van der Waals surface area contributed by atoms with Crippen molar-refractivity contribution in [2.75, 3.05) is 23.7 Å². The fourth-order valence-electron chi connectivity index (χ4n) is 1.57. The lowest BCUT2D eigenvalue weighted by Crippen LogP contribution is -1.98. The van der Waals surface area contributed by atoms with Gasteiger partial charge >= 0.3 is 0 Å². The largest absolute Gasteiger partial charge is 0.376 e. The second-order valence-corrected chi connectivity index (χ2v) is 7.66. The lowest BCUT2D eigenvalue weighted by Gasteiger charge is -2.24. The standard InChI is InChI=1S/C10H15NS/c1-8-4-5-9-10(6-8)12(2,3)7-11-9/h4-6,11H,7H2,1-3H3. The van der Waals surface area contributed by atoms with Gasteiger partial charge in [0, 0.05) is 16.5 Å². The number of rotatable bonds is 0. The van der Waals surface area contributed by atoms with E-state index in [1.165, 1.54) is 11.3 Å². The molecule has 2 heteroatoms. The highest BCUT2D eigenvalue weighted by molar-refractivity contribution is 8.33. The van der Waals surface area contributed by atoms with Crippen molar-refractivity contribution >= 4 is 15.7 Å². The molecule has 66 valence electrons. The first-order valence-electron chi connectivity index (χ1n) is 4.15. The van der Waals surface area contributed by atoms with Gasteiger partial charge in [-0.3, -0.25) is 0 Å². The molecule has 12 heavy (non-hydrogen) atoms. The highest BCUT2D eigenvalue weighted by Gasteiger charge is 2.24. The molecule has 0 saturated carbocycles. The Balaban J connectivity index is 2.57. The zero-order valence-electron chi connectivity index (χ0n) is 7.85. The molecule has 1 aliphatic rings. The van der Waals surface area contributed by atoms with Crippen LogP contribution in [0.3, 0.4) is 0 Å². The van der Waals surface area contributed by atoms with Crippen LogP contribution in [0.2, 0.25) is 0 Å². The number of fused-ring (bicyclic) bond motifs is 1. The average molecular weight is 181 g/mol. The van der Waals surface area contributed by atoms with Gasteiger partial charge in [0.2, 0.25) is 0 Å². The Morgan fingerprint density at radius 2 is 2.08 bits per heavy atom. The average Bonchev–Trinajstić information content (AvgIpc) is 2.28. The summed E-state index contributed by atoms with van der Waals surface area (Å²) in [5, 5.41) is 3.45. The molecule has 0 saturated heterocycles. The van der Waals surface area contributed by atoms with Gasteiger partial charge in [-0.25, -0.2) is 10.0 Å². The maximum absolute atomic E-state index is 3.45. The first kappa shape index (κ1) is 7.99. The minimum absolute atomic E-state index is 0.539. The van der Waals surface area contributed by atoms with Crippen LogP contribution in [0.5, 0.6) is 0 Å². The SMILES string of the molecule is Cc1ccc2c(c1)S(C)(C)CN2. The van der Waals surface area contributed by atoms with Crippen molar-refractivity contribution in [3.8, 4) is 0 Å². The highest BCUT2D eigenvalue weighted by atomic mass is 32.3. The number of benzene rings is 1. The number of nitrogens with one attached hydrogen (secondary N) is 1. The van der Waals surface area contributed by atoms with Gasteiger partial charge in [-0.1, -0.05) is 6.07 Å². The van der Waals surface area contributed by atoms with E-state index in [4.69, 9.17) is 0 Å². The van der Waals surface area contributed by atoms with Gasteiger partial charge in [0.15, 0.2) is 0 Å². The molecule has 0 radical (unpaired) electrons. The summed E-state index contributed by atoms with van der Waals surface area (Å²) in [7, 11) is -0.539. The number of aryl methyl sites for hydroxylation is 1. The second-order valence-electron chi connectivity index (χ2n) is 3.86. The van der Waals surface area contributed by atoms with Crippen LogP contribution in [0.1, 0.15) is 5.56 Å². The molecule has 1 nitrogen and oxygen atoms in total. The quantitative estimate of drug-likeness (QED) is 0.649. The lowest BCUT2D eigenvalue weighted by atomic mass is 10.2. The predicted molar refractivity (Wildman–Crippen MR) is 57.4 cm³/mol. The molecule has 0 fully saturated rings. The van der Waals surface area contributed by atoms with Gasteiger partial charge in [0.05, 0.1) is 0 Å². The molecule has 2 rings (SSSR count). The van der Waals surface area contributed by atoms with Crippen molar-refractivity contribution in [1.29, 1.82) is 0 Å². The maximum atomic E-state index is 3.45. The van der Waals surface area contributed by atoms with Gasteiger partial charge in [0.25, 0.3) is 0 Å². The van der Waals surface area contributed by atoms with Crippen molar-refractivity contribution in [3.05, 3.63) is 23.8 Å². The van der Waals surface area contributed by atoms with E-state index in [0.29, 0.717) is 0 Å². The molecule has 0 aromatic heterocycles. The molecule has 0 bridgehead atoms. The molecule has 1 aromatic rings. The summed E-state index contributed by atoms with van der Waals surface area (Å²) in [6.45, 7) is 2.16. The highest BCUT2D eigenvalue weighted by Crippen LogP contribution is 2.56. The van der Waals surface area contributed by atoms with Crippen LogP contribution < -0.4 is 5.32 Å². The van der Waals surface area contributed by atoms with E-state index in [9.17, 15) is 0 Å². The molecule has 0 amide bonds. The van der Waals surface area contributed by atoms with Gasteiger partial charge < -0.3 is 5.32 Å². The Bertz CT molecular complexity index is 318. The van der Waals surface area contributed by atoms with Crippen molar-refractivity contribution in [3.63, 3.8) is 0 Å². The first-order chi connectivity index (χ1) is 5.59. The van der Waals surface area contributed by atoms with Gasteiger partial charge in [-0.05, 0) is 37.1 Å². The smallest absolute Gasteiger partial charge is 0.0491 e. The van der Waals surface area contributed by atoms with Crippen LogP contribution in [0.15, 0.2) is 23.1 Å². The molecule has 1 aromatic carbocycles. The van der Waals surface area contributed by atoms with Crippen molar-refractivity contribution in [1.82, 2.24) is 0 Å². The van der Waals surface area contributed by atoms with Gasteiger partial charge in [-0.15, -0.1) is 0 Å². The summed E-state index contributed by atoms with van der Waals surface area (Å²) in [6.07, 6.45) is 4.73. The summed E-state index contributed by atoms with van der Waals surface area (Å²) < 4.78 is 0. The van der Waals surface area contributed by atoms with Crippen LogP contribution in [-0.2, 0) is 0 Å². The van der Waals surface area contributed by atoms with E-state index in [2.05, 4.69) is 43.0 Å². The van der Waals surface area contributed by atoms with E-state index >= 15 is 0 Å². The summed E-state index contributed by atoms with van der Waals surface area (Å²) >= 11 is 0. The minimum atomic E-state index is -0.539. The normalized spacial score (nSPS) is 21.2. The first-order valence-corrected chi connectivity index (χ1v) is 6.77. The van der Waals surface area contributed by atoms with Crippen LogP contribution >= 0.6 is 10.0 Å². The zero-order valence-corrected chi connectivity index (χ0v) is 8.66. The zero-order chi connectivity index (χ0) is 8.77. The molecule has 1 heterocycles. The topological polar surface area (TPSA) is 12.0 Å². The number of hydrogen-bond donors (Lipinski definition) is 1. The molecule has 1 aliphatic heterocycles. The monoisotopic (exact) mass is 181 g/mol. The molecule has 0 spiro atoms. The fourth-order valence-corrected chi connectivity index (χ4v) is 3.48. The summed E-state index contributed by atoms with van der Waals surface area (Å²) in [4.78, 5) is 1.54. The summed E-state index contributed by atoms with van der Waals surface area (Å²) in [6, 6.07) is 6.70. The Hall–Kier alpha value is -0.630. The summed E-state index contributed by atoms with van der Waals surface area (Å²) in [5.41, 5.74) is 2.72. The van der Waals surface area contributed by atoms with Crippen LogP contribution in [-0.4, -0.2) is 18.4 Å². The Labute approximate surface area is 75.5 Å². The molecule has 0 aliphatic carbocycles. The molecule has 1 N–H and O–H groups in total. The van der Waals surface area contributed by atoms with Crippen molar-refractivity contribution in [2.24, 2.45) is 0 Å². The van der Waals surface area contributed by atoms with Gasteiger partial charge in [0.1, 0.15) is 0 Å². The molecule has 0 atom stereocenters. The van der Waals surface area contributed by atoms with E-state index < -0.39 is 10.0 Å². The van der Waals surface area contributed by atoms with E-state index in [1.54, 1.807) is 4.90 Å². The van der Waals surface area contributed by atoms with Crippen molar-refractivity contribution in [2.45, 2.75) is 11.8 Å². The predicted octanol–water partition coefficient (Wildman–Crippen LogP) is 2.80. The molecule has 0 unspecified atom stereocenters. The van der Waals surface area contributed by atoms with Crippen LogP contribution in [0.4, 0.5) is 5.69 Å². The third kappa shape index (κ3) is 1.11. The molecular formula is C10H15NS. The third-order valence-corrected chi connectivity index (χ3v) is 4.75. The molecular weight excluding hydrogens is 166 g/mol. The number of anilines is 1. The second kappa shape index (κ2) is 2.43. The Morgan fingerprint density at radius 3 is 2.83 bits per heavy atom. The van der Waals surface area contributed by atoms with E-state index in [-0.39, 0.29) is 0 Å². The van der Waals surface area contributed by atoms with E-state index in [1.807, 2.05) is 0 Å².